The van der Waals surface area contributed by atoms with Crippen molar-refractivity contribution in [3.05, 3.63) is 29.6 Å². The molecule has 1 amide bonds. The van der Waals surface area contributed by atoms with Gasteiger partial charge in [-0.1, -0.05) is 0 Å². The van der Waals surface area contributed by atoms with Gasteiger partial charge in [-0.15, -0.1) is 0 Å². The maximum atomic E-state index is 12.4. The molecule has 0 aliphatic carbocycles. The monoisotopic (exact) mass is 275 g/mol. The lowest BCUT2D eigenvalue weighted by atomic mass is 10.1. The summed E-state index contributed by atoms with van der Waals surface area (Å²) in [6.07, 6.45) is 3.72. The van der Waals surface area contributed by atoms with E-state index in [1.54, 1.807) is 6.07 Å². The van der Waals surface area contributed by atoms with E-state index in [1.165, 1.54) is 18.7 Å². The van der Waals surface area contributed by atoms with Crippen LogP contribution >= 0.6 is 0 Å². The predicted molar refractivity (Wildman–Crippen MR) is 71.7 cm³/mol. The normalized spacial score (nSPS) is 22.6. The Hall–Kier alpha value is -1.95. The van der Waals surface area contributed by atoms with Crippen LogP contribution in [0.4, 0.5) is 0 Å². The Morgan fingerprint density at radius 3 is 2.80 bits per heavy atom. The summed E-state index contributed by atoms with van der Waals surface area (Å²) in [6, 6.07) is 3.40. The minimum absolute atomic E-state index is 0.0397. The van der Waals surface area contributed by atoms with Crippen LogP contribution < -0.4 is 0 Å². The number of pyridine rings is 1. The number of rotatable bonds is 2. The molecule has 2 aliphatic heterocycles. The van der Waals surface area contributed by atoms with Crippen molar-refractivity contribution in [2.75, 3.05) is 26.2 Å². The average molecular weight is 275 g/mol. The zero-order valence-corrected chi connectivity index (χ0v) is 11.2. The van der Waals surface area contributed by atoms with Crippen molar-refractivity contribution in [2.24, 2.45) is 0 Å². The van der Waals surface area contributed by atoms with Gasteiger partial charge in [0.05, 0.1) is 5.56 Å². The van der Waals surface area contributed by atoms with Crippen LogP contribution in [0.15, 0.2) is 18.3 Å². The Kier molecular flexibility index (Phi) is 3.40. The lowest BCUT2D eigenvalue weighted by molar-refractivity contribution is 0.0569. The standard InChI is InChI=1S/C14H17N3O3/c18-13(10-3-4-12(14(19)20)15-8-10)17-7-6-16-5-1-2-11(16)9-17/h3-4,8,11H,1-2,5-7,9H2,(H,19,20). The van der Waals surface area contributed by atoms with Gasteiger partial charge in [-0.2, -0.15) is 0 Å². The molecule has 0 aromatic carbocycles. The summed E-state index contributed by atoms with van der Waals surface area (Å²) in [5.74, 6) is -1.13. The summed E-state index contributed by atoms with van der Waals surface area (Å²) < 4.78 is 0. The van der Waals surface area contributed by atoms with Gasteiger partial charge in [-0.25, -0.2) is 9.78 Å². The first-order valence-electron chi connectivity index (χ1n) is 6.88. The van der Waals surface area contributed by atoms with E-state index in [-0.39, 0.29) is 11.6 Å². The molecule has 0 spiro atoms. The number of carboxylic acids is 1. The van der Waals surface area contributed by atoms with Gasteiger partial charge < -0.3 is 10.0 Å². The molecule has 106 valence electrons. The molecular formula is C14H17N3O3. The molecule has 6 nitrogen and oxygen atoms in total. The van der Waals surface area contributed by atoms with Crippen molar-refractivity contribution in [3.8, 4) is 0 Å². The molecule has 2 saturated heterocycles. The van der Waals surface area contributed by atoms with Gasteiger partial charge in [-0.3, -0.25) is 9.69 Å². The molecule has 20 heavy (non-hydrogen) atoms. The number of amides is 1. The number of carboxylic acid groups (broad SMARTS) is 1. The summed E-state index contributed by atoms with van der Waals surface area (Å²) in [5, 5.41) is 8.80. The number of nitrogens with zero attached hydrogens (tertiary/aromatic N) is 3. The zero-order valence-electron chi connectivity index (χ0n) is 11.2. The van der Waals surface area contributed by atoms with Gasteiger partial charge in [0.2, 0.25) is 0 Å². The van der Waals surface area contributed by atoms with Crippen LogP contribution in [0.1, 0.15) is 33.7 Å². The van der Waals surface area contributed by atoms with E-state index in [2.05, 4.69) is 9.88 Å². The highest BCUT2D eigenvalue weighted by Crippen LogP contribution is 2.22. The molecule has 3 rings (SSSR count). The van der Waals surface area contributed by atoms with Crippen molar-refractivity contribution in [3.63, 3.8) is 0 Å². The summed E-state index contributed by atoms with van der Waals surface area (Å²) in [5.41, 5.74) is 0.420. The van der Waals surface area contributed by atoms with Crippen LogP contribution in [0, 0.1) is 0 Å². The largest absolute Gasteiger partial charge is 0.477 e. The zero-order chi connectivity index (χ0) is 14.1. The van der Waals surface area contributed by atoms with Crippen molar-refractivity contribution >= 4 is 11.9 Å². The molecular weight excluding hydrogens is 258 g/mol. The fourth-order valence-electron chi connectivity index (χ4n) is 3.01. The first-order valence-corrected chi connectivity index (χ1v) is 6.88. The maximum absolute atomic E-state index is 12.4. The number of hydrogen-bond donors (Lipinski definition) is 1. The Morgan fingerprint density at radius 2 is 2.10 bits per heavy atom. The molecule has 1 N–H and O–H groups in total. The predicted octanol–water partition coefficient (Wildman–Crippen LogP) is 0.700. The Balaban J connectivity index is 1.70. The van der Waals surface area contributed by atoms with Crippen LogP contribution in [0.2, 0.25) is 0 Å². The van der Waals surface area contributed by atoms with Crippen molar-refractivity contribution in [1.82, 2.24) is 14.8 Å². The lowest BCUT2D eigenvalue weighted by Crippen LogP contribution is -2.52. The maximum Gasteiger partial charge on any atom is 0.354 e. The summed E-state index contributed by atoms with van der Waals surface area (Å²) in [4.78, 5) is 31.2. The van der Waals surface area contributed by atoms with Crippen molar-refractivity contribution in [1.29, 1.82) is 0 Å². The van der Waals surface area contributed by atoms with Gasteiger partial charge in [-0.05, 0) is 31.5 Å². The van der Waals surface area contributed by atoms with Gasteiger partial charge in [0.25, 0.3) is 5.91 Å². The third-order valence-corrected chi connectivity index (χ3v) is 4.10. The molecule has 1 unspecified atom stereocenters. The smallest absolute Gasteiger partial charge is 0.354 e. The molecule has 3 heterocycles. The fourth-order valence-corrected chi connectivity index (χ4v) is 3.01. The van der Waals surface area contributed by atoms with Crippen LogP contribution in [-0.2, 0) is 0 Å². The van der Waals surface area contributed by atoms with Crippen LogP contribution in [-0.4, -0.2) is 64.0 Å². The van der Waals surface area contributed by atoms with Crippen LogP contribution in [0.3, 0.4) is 0 Å². The Labute approximate surface area is 117 Å². The van der Waals surface area contributed by atoms with E-state index < -0.39 is 5.97 Å². The van der Waals surface area contributed by atoms with Crippen LogP contribution in [0.5, 0.6) is 0 Å². The number of carbonyl (C=O) groups is 2. The topological polar surface area (TPSA) is 73.7 Å². The summed E-state index contributed by atoms with van der Waals surface area (Å²) in [6.45, 7) is 3.56. The highest BCUT2D eigenvalue weighted by Gasteiger charge is 2.32. The second kappa shape index (κ2) is 5.20. The summed E-state index contributed by atoms with van der Waals surface area (Å²) in [7, 11) is 0. The number of piperazine rings is 1. The third-order valence-electron chi connectivity index (χ3n) is 4.10. The fraction of sp³-hybridized carbons (Fsp3) is 0.500. The quantitative estimate of drug-likeness (QED) is 0.860. The highest BCUT2D eigenvalue weighted by atomic mass is 16.4. The van der Waals surface area contributed by atoms with Crippen molar-refractivity contribution < 1.29 is 14.7 Å². The van der Waals surface area contributed by atoms with Crippen LogP contribution in [0.25, 0.3) is 0 Å². The number of aromatic nitrogens is 1. The highest BCUT2D eigenvalue weighted by molar-refractivity contribution is 5.95. The Bertz CT molecular complexity index is 529. The summed E-state index contributed by atoms with van der Waals surface area (Å²) >= 11 is 0. The molecule has 2 aliphatic rings. The minimum atomic E-state index is -1.08. The molecule has 1 aromatic heterocycles. The number of fused-ring (bicyclic) bond motifs is 1. The van der Waals surface area contributed by atoms with Gasteiger partial charge >= 0.3 is 5.97 Å². The molecule has 1 aromatic rings. The van der Waals surface area contributed by atoms with E-state index in [1.807, 2.05) is 4.90 Å². The van der Waals surface area contributed by atoms with E-state index in [9.17, 15) is 9.59 Å². The third kappa shape index (κ3) is 2.38. The molecule has 1 atom stereocenters. The SMILES string of the molecule is O=C(O)c1ccc(C(=O)N2CCN3CCCC3C2)cn1. The van der Waals surface area contributed by atoms with E-state index in [0.29, 0.717) is 11.6 Å². The minimum Gasteiger partial charge on any atom is -0.477 e. The molecule has 2 fully saturated rings. The molecule has 0 saturated carbocycles. The molecule has 0 bridgehead atoms. The second-order valence-electron chi connectivity index (χ2n) is 5.32. The number of aromatic carboxylic acids is 1. The lowest BCUT2D eigenvalue weighted by Gasteiger charge is -2.37. The van der Waals surface area contributed by atoms with Gasteiger partial charge in [0.1, 0.15) is 5.69 Å². The first kappa shape index (κ1) is 13.1. The Morgan fingerprint density at radius 1 is 1.25 bits per heavy atom. The average Bonchev–Trinajstić information content (AvgIpc) is 2.94. The molecule has 0 radical (unpaired) electrons. The first-order chi connectivity index (χ1) is 9.65. The molecule has 6 heteroatoms. The van der Waals surface area contributed by atoms with Gasteiger partial charge in [0, 0.05) is 31.9 Å². The van der Waals surface area contributed by atoms with Gasteiger partial charge in [0.15, 0.2) is 0 Å². The van der Waals surface area contributed by atoms with Crippen molar-refractivity contribution in [2.45, 2.75) is 18.9 Å². The second-order valence-corrected chi connectivity index (χ2v) is 5.32. The van der Waals surface area contributed by atoms with E-state index in [0.717, 1.165) is 32.6 Å². The van der Waals surface area contributed by atoms with E-state index in [4.69, 9.17) is 5.11 Å². The number of hydrogen-bond acceptors (Lipinski definition) is 4. The number of carbonyl (C=O) groups excluding carboxylic acids is 1. The van der Waals surface area contributed by atoms with E-state index >= 15 is 0 Å².